The number of hydrogen-bond acceptors (Lipinski definition) is 8. The van der Waals surface area contributed by atoms with Gasteiger partial charge in [-0.25, -0.2) is 14.8 Å². The van der Waals surface area contributed by atoms with E-state index in [1.807, 2.05) is 13.0 Å². The Morgan fingerprint density at radius 2 is 2.00 bits per heavy atom. The monoisotopic (exact) mass is 339 g/mol. The van der Waals surface area contributed by atoms with Crippen LogP contribution in [0.4, 0.5) is 17.5 Å². The zero-order valence-electron chi connectivity index (χ0n) is 14.0. The van der Waals surface area contributed by atoms with Crippen LogP contribution in [0, 0.1) is 6.92 Å². The average Bonchev–Trinajstić information content (AvgIpc) is 3.11. The van der Waals surface area contributed by atoms with Gasteiger partial charge in [-0.1, -0.05) is 6.07 Å². The Morgan fingerprint density at radius 3 is 2.76 bits per heavy atom. The quantitative estimate of drug-likeness (QED) is 0.679. The molecule has 0 aliphatic rings. The highest BCUT2D eigenvalue weighted by atomic mass is 16.5. The molecule has 2 heterocycles. The minimum Gasteiger partial charge on any atom is -0.465 e. The molecule has 9 heteroatoms. The lowest BCUT2D eigenvalue weighted by molar-refractivity contribution is 0.0601. The molecule has 0 radical (unpaired) electrons. The number of carbonyl (C=O) groups excluding carboxylic acids is 1. The molecule has 0 fully saturated rings. The highest BCUT2D eigenvalue weighted by molar-refractivity contribution is 5.91. The topological polar surface area (TPSA) is 107 Å². The molecule has 0 aliphatic heterocycles. The van der Waals surface area contributed by atoms with Crippen molar-refractivity contribution in [3.63, 3.8) is 0 Å². The summed E-state index contributed by atoms with van der Waals surface area (Å²) in [6, 6.07) is 7.00. The molecule has 9 nitrogen and oxygen atoms in total. The first-order chi connectivity index (χ1) is 12.1. The predicted octanol–water partition coefficient (Wildman–Crippen LogP) is 1.94. The molecule has 0 unspecified atom stereocenters. The van der Waals surface area contributed by atoms with Gasteiger partial charge >= 0.3 is 5.97 Å². The minimum atomic E-state index is -0.404. The van der Waals surface area contributed by atoms with E-state index in [1.165, 1.54) is 19.8 Å². The van der Waals surface area contributed by atoms with Gasteiger partial charge in [0.2, 0.25) is 5.95 Å². The van der Waals surface area contributed by atoms with E-state index in [-0.39, 0.29) is 0 Å². The molecule has 0 aliphatic carbocycles. The third kappa shape index (κ3) is 3.39. The van der Waals surface area contributed by atoms with Crippen molar-refractivity contribution in [1.29, 1.82) is 0 Å². The summed E-state index contributed by atoms with van der Waals surface area (Å²) in [4.78, 5) is 24.2. The molecule has 0 spiro atoms. The van der Waals surface area contributed by atoms with E-state index in [4.69, 9.17) is 4.74 Å². The van der Waals surface area contributed by atoms with Crippen molar-refractivity contribution >= 4 is 23.4 Å². The van der Waals surface area contributed by atoms with E-state index in [9.17, 15) is 4.79 Å². The second-order valence-electron chi connectivity index (χ2n) is 5.15. The van der Waals surface area contributed by atoms with E-state index in [2.05, 4.69) is 30.7 Å². The normalized spacial score (nSPS) is 10.4. The third-order valence-electron chi connectivity index (χ3n) is 3.58. The summed E-state index contributed by atoms with van der Waals surface area (Å²) in [5, 5.41) is 10.3. The van der Waals surface area contributed by atoms with Crippen molar-refractivity contribution in [2.45, 2.75) is 6.92 Å². The van der Waals surface area contributed by atoms with E-state index in [0.29, 0.717) is 23.1 Å². The summed E-state index contributed by atoms with van der Waals surface area (Å²) in [5.74, 6) is 1.28. The molecule has 3 aromatic rings. The van der Waals surface area contributed by atoms with Crippen LogP contribution in [0.15, 0.2) is 36.9 Å². The van der Waals surface area contributed by atoms with Gasteiger partial charge in [-0.2, -0.15) is 14.8 Å². The van der Waals surface area contributed by atoms with Crippen molar-refractivity contribution in [2.75, 3.05) is 24.8 Å². The molecule has 0 amide bonds. The van der Waals surface area contributed by atoms with Gasteiger partial charge in [0, 0.05) is 18.8 Å². The van der Waals surface area contributed by atoms with Gasteiger partial charge < -0.3 is 15.4 Å². The zero-order chi connectivity index (χ0) is 17.8. The number of nitrogens with one attached hydrogen (secondary N) is 2. The number of aryl methyl sites for hydroxylation is 1. The minimum absolute atomic E-state index is 0.404. The van der Waals surface area contributed by atoms with Crippen molar-refractivity contribution < 1.29 is 9.53 Å². The second kappa shape index (κ2) is 6.95. The van der Waals surface area contributed by atoms with Crippen LogP contribution in [0.2, 0.25) is 0 Å². The fourth-order valence-corrected chi connectivity index (χ4v) is 2.22. The van der Waals surface area contributed by atoms with E-state index >= 15 is 0 Å². The Morgan fingerprint density at radius 1 is 1.16 bits per heavy atom. The average molecular weight is 339 g/mol. The molecule has 128 valence electrons. The lowest BCUT2D eigenvalue weighted by Crippen LogP contribution is -2.08. The van der Waals surface area contributed by atoms with Gasteiger partial charge in [-0.15, -0.1) is 0 Å². The summed E-state index contributed by atoms with van der Waals surface area (Å²) in [6.45, 7) is 1.92. The van der Waals surface area contributed by atoms with Gasteiger partial charge in [0.25, 0.3) is 0 Å². The maximum Gasteiger partial charge on any atom is 0.337 e. The number of methoxy groups -OCH3 is 1. The number of carbonyl (C=O) groups is 1. The van der Waals surface area contributed by atoms with Crippen molar-refractivity contribution in [3.8, 4) is 5.82 Å². The Labute approximate surface area is 144 Å². The lowest BCUT2D eigenvalue weighted by Gasteiger charge is -2.11. The van der Waals surface area contributed by atoms with Crippen molar-refractivity contribution in [2.24, 2.45) is 0 Å². The smallest absolute Gasteiger partial charge is 0.337 e. The van der Waals surface area contributed by atoms with E-state index < -0.39 is 5.97 Å². The van der Waals surface area contributed by atoms with Gasteiger partial charge in [-0.05, 0) is 24.6 Å². The molecule has 0 atom stereocenters. The van der Waals surface area contributed by atoms with Crippen LogP contribution in [-0.4, -0.2) is 44.9 Å². The highest BCUT2D eigenvalue weighted by Crippen LogP contribution is 2.22. The number of rotatable bonds is 5. The van der Waals surface area contributed by atoms with Crippen LogP contribution in [0.1, 0.15) is 15.9 Å². The molecule has 3 rings (SSSR count). The fraction of sp³-hybridized carbons (Fsp3) is 0.188. The SMILES string of the molecule is CNc1cc(-n2ncnc2Nc2cc(C(=O)OC)ccc2C)ncn1. The van der Waals surface area contributed by atoms with Crippen LogP contribution in [0.5, 0.6) is 0 Å². The number of aromatic nitrogens is 5. The fourth-order valence-electron chi connectivity index (χ4n) is 2.22. The first-order valence-corrected chi connectivity index (χ1v) is 7.48. The van der Waals surface area contributed by atoms with Crippen LogP contribution in [-0.2, 0) is 4.74 Å². The Balaban J connectivity index is 1.95. The molecule has 2 aromatic heterocycles. The zero-order valence-corrected chi connectivity index (χ0v) is 14.0. The lowest BCUT2D eigenvalue weighted by atomic mass is 10.1. The van der Waals surface area contributed by atoms with E-state index in [0.717, 1.165) is 11.3 Å². The number of benzene rings is 1. The van der Waals surface area contributed by atoms with E-state index in [1.54, 1.807) is 29.9 Å². The second-order valence-corrected chi connectivity index (χ2v) is 5.15. The van der Waals surface area contributed by atoms with Gasteiger partial charge in [0.05, 0.1) is 12.7 Å². The van der Waals surface area contributed by atoms with Crippen molar-refractivity contribution in [1.82, 2.24) is 24.7 Å². The molecule has 0 bridgehead atoms. The summed E-state index contributed by atoms with van der Waals surface area (Å²) in [5.41, 5.74) is 2.11. The van der Waals surface area contributed by atoms with Gasteiger partial charge in [0.15, 0.2) is 5.82 Å². The van der Waals surface area contributed by atoms with Gasteiger partial charge in [0.1, 0.15) is 18.5 Å². The van der Waals surface area contributed by atoms with Crippen LogP contribution in [0.25, 0.3) is 5.82 Å². The Hall–Kier alpha value is -3.49. The van der Waals surface area contributed by atoms with Crippen LogP contribution in [0.3, 0.4) is 0 Å². The van der Waals surface area contributed by atoms with Crippen molar-refractivity contribution in [3.05, 3.63) is 48.0 Å². The number of anilines is 3. The molecule has 0 saturated heterocycles. The molecule has 0 saturated carbocycles. The molecule has 25 heavy (non-hydrogen) atoms. The number of hydrogen-bond donors (Lipinski definition) is 2. The standard InChI is InChI=1S/C16H17N7O2/c1-10-4-5-11(15(24)25-3)6-12(10)22-16-20-9-21-23(16)14-7-13(17-2)18-8-19-14/h4-9H,1-3H3,(H,17,18,19)(H,20,21,22). The molecular formula is C16H17N7O2. The first kappa shape index (κ1) is 16.4. The number of ether oxygens (including phenoxy) is 1. The third-order valence-corrected chi connectivity index (χ3v) is 3.58. The summed E-state index contributed by atoms with van der Waals surface area (Å²) < 4.78 is 6.31. The maximum absolute atomic E-state index is 11.7. The largest absolute Gasteiger partial charge is 0.465 e. The molecule has 1 aromatic carbocycles. The summed E-state index contributed by atoms with van der Waals surface area (Å²) >= 11 is 0. The predicted molar refractivity (Wildman–Crippen MR) is 92.3 cm³/mol. The van der Waals surface area contributed by atoms with Crippen LogP contribution >= 0.6 is 0 Å². The summed E-state index contributed by atoms with van der Waals surface area (Å²) in [7, 11) is 3.12. The maximum atomic E-state index is 11.7. The molecular weight excluding hydrogens is 322 g/mol. The number of nitrogens with zero attached hydrogens (tertiary/aromatic N) is 5. The Bertz CT molecular complexity index is 907. The van der Waals surface area contributed by atoms with Gasteiger partial charge in [-0.3, -0.25) is 0 Å². The first-order valence-electron chi connectivity index (χ1n) is 7.48. The number of esters is 1. The Kier molecular flexibility index (Phi) is 4.55. The van der Waals surface area contributed by atoms with Crippen LogP contribution < -0.4 is 10.6 Å². The summed E-state index contributed by atoms with van der Waals surface area (Å²) in [6.07, 6.45) is 2.86. The highest BCUT2D eigenvalue weighted by Gasteiger charge is 2.12. The molecule has 2 N–H and O–H groups in total.